The molecule has 17 heavy (non-hydrogen) atoms. The Kier molecular flexibility index (Phi) is 6.08. The molecule has 2 N–H and O–H groups in total. The molecule has 0 aromatic heterocycles. The van der Waals surface area contributed by atoms with E-state index < -0.39 is 0 Å². The van der Waals surface area contributed by atoms with Gasteiger partial charge in [-0.2, -0.15) is 0 Å². The quantitative estimate of drug-likeness (QED) is 0.749. The van der Waals surface area contributed by atoms with Gasteiger partial charge in [0.15, 0.2) is 0 Å². The number of amides is 2. The van der Waals surface area contributed by atoms with E-state index in [-0.39, 0.29) is 30.8 Å². The molecule has 0 aromatic carbocycles. The molecule has 0 spiro atoms. The molecule has 2 fully saturated rings. The largest absolute Gasteiger partial charge is 0.353 e. The molecule has 2 rings (SSSR count). The molecule has 7 heteroatoms. The van der Waals surface area contributed by atoms with Crippen LogP contribution in [-0.4, -0.2) is 54.0 Å². The third-order valence-corrected chi connectivity index (χ3v) is 3.81. The molecular formula is C10H18ClN3O2S. The summed E-state index contributed by atoms with van der Waals surface area (Å²) in [6.45, 7) is 1.92. The van der Waals surface area contributed by atoms with Crippen LogP contribution in [0, 0.1) is 0 Å². The van der Waals surface area contributed by atoms with Gasteiger partial charge in [-0.25, -0.2) is 0 Å². The molecule has 2 aliphatic rings. The van der Waals surface area contributed by atoms with Crippen LogP contribution in [0.25, 0.3) is 0 Å². The Morgan fingerprint density at radius 3 is 3.00 bits per heavy atom. The maximum absolute atomic E-state index is 11.6. The first-order valence-electron chi connectivity index (χ1n) is 5.61. The molecule has 2 aliphatic heterocycles. The molecule has 0 bridgehead atoms. The number of halogens is 1. The molecule has 98 valence electrons. The third kappa shape index (κ3) is 4.37. The zero-order chi connectivity index (χ0) is 11.4. The van der Waals surface area contributed by atoms with Crippen LogP contribution >= 0.6 is 24.2 Å². The Hall–Kier alpha value is -0.460. The van der Waals surface area contributed by atoms with Crippen molar-refractivity contribution in [2.45, 2.75) is 18.9 Å². The second-order valence-corrected chi connectivity index (χ2v) is 5.12. The smallest absolute Gasteiger partial charge is 0.239 e. The number of hydrogen-bond acceptors (Lipinski definition) is 4. The monoisotopic (exact) mass is 279 g/mol. The lowest BCUT2D eigenvalue weighted by Crippen LogP contribution is -2.42. The predicted octanol–water partition coefficient (Wildman–Crippen LogP) is -0.191. The van der Waals surface area contributed by atoms with Crippen molar-refractivity contribution >= 4 is 36.0 Å². The van der Waals surface area contributed by atoms with Gasteiger partial charge < -0.3 is 15.5 Å². The fourth-order valence-electron chi connectivity index (χ4n) is 1.94. The first kappa shape index (κ1) is 14.6. The zero-order valence-electron chi connectivity index (χ0n) is 9.61. The SMILES string of the molecule is Cl.O=C(CN1CSCC1=O)NCC1CCCN1. The first-order valence-corrected chi connectivity index (χ1v) is 6.77. The Morgan fingerprint density at radius 2 is 2.41 bits per heavy atom. The average Bonchev–Trinajstić information content (AvgIpc) is 2.88. The van der Waals surface area contributed by atoms with Crippen LogP contribution in [-0.2, 0) is 9.59 Å². The fourth-order valence-corrected chi connectivity index (χ4v) is 2.84. The molecule has 5 nitrogen and oxygen atoms in total. The highest BCUT2D eigenvalue weighted by molar-refractivity contribution is 8.00. The van der Waals surface area contributed by atoms with E-state index in [2.05, 4.69) is 10.6 Å². The lowest BCUT2D eigenvalue weighted by Gasteiger charge is -2.16. The van der Waals surface area contributed by atoms with Crippen LogP contribution in [0.1, 0.15) is 12.8 Å². The van der Waals surface area contributed by atoms with Crippen LogP contribution in [0.4, 0.5) is 0 Å². The van der Waals surface area contributed by atoms with Crippen LogP contribution in [0.15, 0.2) is 0 Å². The van der Waals surface area contributed by atoms with Crippen molar-refractivity contribution in [2.24, 2.45) is 0 Å². The summed E-state index contributed by atoms with van der Waals surface area (Å²) in [5, 5.41) is 6.18. The summed E-state index contributed by atoms with van der Waals surface area (Å²) in [6.07, 6.45) is 2.31. The molecule has 1 unspecified atom stereocenters. The van der Waals surface area contributed by atoms with Crippen molar-refractivity contribution in [2.75, 3.05) is 31.3 Å². The van der Waals surface area contributed by atoms with Crippen LogP contribution < -0.4 is 10.6 Å². The summed E-state index contributed by atoms with van der Waals surface area (Å²) < 4.78 is 0. The van der Waals surface area contributed by atoms with E-state index in [1.165, 1.54) is 6.42 Å². The molecule has 0 aromatic rings. The summed E-state index contributed by atoms with van der Waals surface area (Å²) in [4.78, 5) is 24.4. The number of thioether (sulfide) groups is 1. The molecule has 0 radical (unpaired) electrons. The molecule has 0 saturated carbocycles. The van der Waals surface area contributed by atoms with Gasteiger partial charge in [-0.1, -0.05) is 0 Å². The number of nitrogens with one attached hydrogen (secondary N) is 2. The van der Waals surface area contributed by atoms with Gasteiger partial charge in [0.25, 0.3) is 0 Å². The second-order valence-electron chi connectivity index (χ2n) is 4.17. The summed E-state index contributed by atoms with van der Waals surface area (Å²) in [5.41, 5.74) is 0. The number of hydrogen-bond donors (Lipinski definition) is 2. The van der Waals surface area contributed by atoms with Crippen LogP contribution in [0.5, 0.6) is 0 Å². The average molecular weight is 280 g/mol. The van der Waals surface area contributed by atoms with Gasteiger partial charge in [0.05, 0.1) is 11.6 Å². The first-order chi connectivity index (χ1) is 7.75. The normalized spacial score (nSPS) is 23.6. The Bertz CT molecular complexity index is 285. The highest BCUT2D eigenvalue weighted by Crippen LogP contribution is 2.13. The van der Waals surface area contributed by atoms with E-state index in [1.54, 1.807) is 16.7 Å². The molecule has 0 aliphatic carbocycles. The van der Waals surface area contributed by atoms with Gasteiger partial charge in [-0.3, -0.25) is 9.59 Å². The molecular weight excluding hydrogens is 262 g/mol. The Labute approximate surface area is 111 Å². The molecule has 2 amide bonds. The molecule has 1 atom stereocenters. The fraction of sp³-hybridized carbons (Fsp3) is 0.800. The predicted molar refractivity (Wildman–Crippen MR) is 70.3 cm³/mol. The molecule has 2 saturated heterocycles. The summed E-state index contributed by atoms with van der Waals surface area (Å²) in [7, 11) is 0. The lowest BCUT2D eigenvalue weighted by atomic mass is 10.2. The van der Waals surface area contributed by atoms with Crippen molar-refractivity contribution in [3.05, 3.63) is 0 Å². The van der Waals surface area contributed by atoms with E-state index in [9.17, 15) is 9.59 Å². The Balaban J connectivity index is 0.00000144. The number of rotatable bonds is 4. The van der Waals surface area contributed by atoms with Crippen LogP contribution in [0.3, 0.4) is 0 Å². The molecule has 2 heterocycles. The summed E-state index contributed by atoms with van der Waals surface area (Å²) >= 11 is 1.56. The zero-order valence-corrected chi connectivity index (χ0v) is 11.2. The highest BCUT2D eigenvalue weighted by atomic mass is 35.5. The summed E-state index contributed by atoms with van der Waals surface area (Å²) in [6, 6.07) is 0.410. The lowest BCUT2D eigenvalue weighted by molar-refractivity contribution is -0.132. The Morgan fingerprint density at radius 1 is 1.59 bits per heavy atom. The van der Waals surface area contributed by atoms with Gasteiger partial charge in [0.1, 0.15) is 6.54 Å². The van der Waals surface area contributed by atoms with Crippen molar-refractivity contribution in [1.29, 1.82) is 0 Å². The minimum Gasteiger partial charge on any atom is -0.353 e. The van der Waals surface area contributed by atoms with E-state index >= 15 is 0 Å². The van der Waals surface area contributed by atoms with Crippen LogP contribution in [0.2, 0.25) is 0 Å². The second kappa shape index (κ2) is 7.08. The topological polar surface area (TPSA) is 61.4 Å². The van der Waals surface area contributed by atoms with E-state index in [0.717, 1.165) is 13.0 Å². The number of carbonyl (C=O) groups excluding carboxylic acids is 2. The van der Waals surface area contributed by atoms with Crippen molar-refractivity contribution in [3.8, 4) is 0 Å². The maximum atomic E-state index is 11.6. The third-order valence-electron chi connectivity index (χ3n) is 2.87. The van der Waals surface area contributed by atoms with Gasteiger partial charge in [0, 0.05) is 12.6 Å². The highest BCUT2D eigenvalue weighted by Gasteiger charge is 2.23. The number of carbonyl (C=O) groups is 2. The van der Waals surface area contributed by atoms with E-state index in [0.29, 0.717) is 24.2 Å². The minimum absolute atomic E-state index is 0. The van der Waals surface area contributed by atoms with Gasteiger partial charge in [-0.05, 0) is 19.4 Å². The maximum Gasteiger partial charge on any atom is 0.239 e. The van der Waals surface area contributed by atoms with E-state index in [4.69, 9.17) is 0 Å². The van der Waals surface area contributed by atoms with Crippen molar-refractivity contribution < 1.29 is 9.59 Å². The summed E-state index contributed by atoms with van der Waals surface area (Å²) in [5.74, 6) is 1.18. The van der Waals surface area contributed by atoms with Gasteiger partial charge >= 0.3 is 0 Å². The van der Waals surface area contributed by atoms with Gasteiger partial charge in [0.2, 0.25) is 11.8 Å². The van der Waals surface area contributed by atoms with E-state index in [1.807, 2.05) is 0 Å². The van der Waals surface area contributed by atoms with Crippen molar-refractivity contribution in [3.63, 3.8) is 0 Å². The van der Waals surface area contributed by atoms with Gasteiger partial charge in [-0.15, -0.1) is 24.2 Å². The van der Waals surface area contributed by atoms with Crippen molar-refractivity contribution in [1.82, 2.24) is 15.5 Å². The number of nitrogens with zero attached hydrogens (tertiary/aromatic N) is 1. The standard InChI is InChI=1S/C10H17N3O2S.ClH/c14-9(5-13-7-16-6-10(13)15)12-4-8-2-1-3-11-8;/h8,11H,1-7H2,(H,12,14);1H. The minimum atomic E-state index is -0.0513.